The van der Waals surface area contributed by atoms with Gasteiger partial charge < -0.3 is 4.57 Å². The van der Waals surface area contributed by atoms with Crippen LogP contribution in [-0.4, -0.2) is 18.0 Å². The van der Waals surface area contributed by atoms with Crippen LogP contribution < -0.4 is 4.72 Å². The monoisotopic (exact) mass is 315 g/mol. The van der Waals surface area contributed by atoms with Crippen molar-refractivity contribution in [3.8, 4) is 0 Å². The Labute approximate surface area is 129 Å². The second kappa shape index (κ2) is 5.14. The fraction of sp³-hybridized carbons (Fsp3) is 0.188. The molecule has 0 unspecified atom stereocenters. The van der Waals surface area contributed by atoms with Gasteiger partial charge in [0.15, 0.2) is 0 Å². The number of nitrogens with one attached hydrogen (secondary N) is 1. The number of sulfonamides is 1. The Balaban J connectivity index is 1.98. The van der Waals surface area contributed by atoms with E-state index in [-0.39, 0.29) is 4.90 Å². The van der Waals surface area contributed by atoms with E-state index in [9.17, 15) is 8.42 Å². The lowest BCUT2D eigenvalue weighted by Crippen LogP contribution is -2.13. The number of rotatable bonds is 3. The Morgan fingerprint density at radius 2 is 1.86 bits per heavy atom. The molecule has 3 aromatic rings. The molecular weight excluding hydrogens is 298 g/mol. The van der Waals surface area contributed by atoms with Gasteiger partial charge in [-0.2, -0.15) is 0 Å². The van der Waals surface area contributed by atoms with Crippen LogP contribution in [0.5, 0.6) is 0 Å². The predicted molar refractivity (Wildman–Crippen MR) is 87.4 cm³/mol. The van der Waals surface area contributed by atoms with Crippen LogP contribution in [0.4, 0.5) is 5.69 Å². The number of nitrogens with zero attached hydrogens (tertiary/aromatic N) is 2. The Bertz CT molecular complexity index is 959. The molecule has 0 aliphatic rings. The van der Waals surface area contributed by atoms with Crippen molar-refractivity contribution in [3.05, 3.63) is 53.9 Å². The Kier molecular flexibility index (Phi) is 3.41. The fourth-order valence-electron chi connectivity index (χ4n) is 2.38. The smallest absolute Gasteiger partial charge is 0.261 e. The van der Waals surface area contributed by atoms with Crippen LogP contribution in [0.15, 0.2) is 47.4 Å². The highest BCUT2D eigenvalue weighted by molar-refractivity contribution is 7.92. The number of hydrogen-bond acceptors (Lipinski definition) is 3. The van der Waals surface area contributed by atoms with Gasteiger partial charge in [-0.25, -0.2) is 13.4 Å². The molecular formula is C16H17N3O2S. The summed E-state index contributed by atoms with van der Waals surface area (Å²) in [4.78, 5) is 4.67. The van der Waals surface area contributed by atoms with E-state index in [1.165, 1.54) is 0 Å². The molecule has 0 atom stereocenters. The number of hydrogen-bond donors (Lipinski definition) is 1. The summed E-state index contributed by atoms with van der Waals surface area (Å²) in [5.41, 5.74) is 3.14. The summed E-state index contributed by atoms with van der Waals surface area (Å²) in [6.45, 7) is 3.78. The molecule has 5 nitrogen and oxygen atoms in total. The number of imidazole rings is 1. The van der Waals surface area contributed by atoms with Crippen molar-refractivity contribution in [1.82, 2.24) is 9.55 Å². The van der Waals surface area contributed by atoms with Crippen LogP contribution in [0.25, 0.3) is 11.0 Å². The van der Waals surface area contributed by atoms with Gasteiger partial charge in [0.25, 0.3) is 10.0 Å². The number of aromatic nitrogens is 2. The van der Waals surface area contributed by atoms with Crippen LogP contribution in [0.2, 0.25) is 0 Å². The average Bonchev–Trinajstić information content (AvgIpc) is 2.73. The fourth-order valence-corrected chi connectivity index (χ4v) is 3.53. The minimum absolute atomic E-state index is 0.254. The lowest BCUT2D eigenvalue weighted by molar-refractivity contribution is 0.601. The first kappa shape index (κ1) is 14.6. The van der Waals surface area contributed by atoms with E-state index in [1.807, 2.05) is 37.6 Å². The summed E-state index contributed by atoms with van der Waals surface area (Å²) in [6, 6.07) is 12.2. The molecule has 3 rings (SSSR count). The van der Waals surface area contributed by atoms with Gasteiger partial charge in [-0.05, 0) is 49.7 Å². The zero-order valence-corrected chi connectivity index (χ0v) is 13.5. The van der Waals surface area contributed by atoms with Gasteiger partial charge in [-0.3, -0.25) is 4.72 Å². The molecule has 0 saturated carbocycles. The second-order valence-electron chi connectivity index (χ2n) is 5.34. The standard InChI is InChI=1S/C16H17N3O2S/c1-11-5-4-6-14(9-11)22(20,21)18-13-7-8-16-15(10-13)17-12(2)19(16)3/h4-10,18H,1-3H3. The largest absolute Gasteiger partial charge is 0.331 e. The van der Waals surface area contributed by atoms with Crippen molar-refractivity contribution < 1.29 is 8.42 Å². The third kappa shape index (κ3) is 2.57. The Morgan fingerprint density at radius 3 is 2.59 bits per heavy atom. The summed E-state index contributed by atoms with van der Waals surface area (Å²) in [7, 11) is -1.66. The molecule has 2 aromatic carbocycles. The van der Waals surface area contributed by atoms with E-state index in [0.29, 0.717) is 5.69 Å². The molecule has 0 bridgehead atoms. The van der Waals surface area contributed by atoms with Gasteiger partial charge in [0.1, 0.15) is 5.82 Å². The topological polar surface area (TPSA) is 64.0 Å². The van der Waals surface area contributed by atoms with Gasteiger partial charge in [-0.15, -0.1) is 0 Å². The van der Waals surface area contributed by atoms with E-state index in [2.05, 4.69) is 9.71 Å². The minimum Gasteiger partial charge on any atom is -0.331 e. The summed E-state index contributed by atoms with van der Waals surface area (Å²) in [5.74, 6) is 0.883. The quantitative estimate of drug-likeness (QED) is 0.808. The van der Waals surface area contributed by atoms with Crippen molar-refractivity contribution in [2.45, 2.75) is 18.7 Å². The van der Waals surface area contributed by atoms with Gasteiger partial charge in [-0.1, -0.05) is 12.1 Å². The van der Waals surface area contributed by atoms with Crippen LogP contribution in [0.1, 0.15) is 11.4 Å². The molecule has 1 aromatic heterocycles. The van der Waals surface area contributed by atoms with E-state index in [0.717, 1.165) is 22.4 Å². The maximum Gasteiger partial charge on any atom is 0.261 e. The molecule has 0 saturated heterocycles. The van der Waals surface area contributed by atoms with Crippen LogP contribution in [0, 0.1) is 13.8 Å². The maximum absolute atomic E-state index is 12.4. The first-order valence-corrected chi connectivity index (χ1v) is 8.38. The molecule has 1 heterocycles. The molecule has 6 heteroatoms. The lowest BCUT2D eigenvalue weighted by Gasteiger charge is -2.08. The number of aryl methyl sites for hydroxylation is 3. The van der Waals surface area contributed by atoms with Crippen molar-refractivity contribution in [2.24, 2.45) is 7.05 Å². The highest BCUT2D eigenvalue weighted by Crippen LogP contribution is 2.22. The highest BCUT2D eigenvalue weighted by atomic mass is 32.2. The second-order valence-corrected chi connectivity index (χ2v) is 7.03. The maximum atomic E-state index is 12.4. The molecule has 0 fully saturated rings. The van der Waals surface area contributed by atoms with Gasteiger partial charge >= 0.3 is 0 Å². The van der Waals surface area contributed by atoms with Gasteiger partial charge in [0.2, 0.25) is 0 Å². The lowest BCUT2D eigenvalue weighted by atomic mass is 10.2. The van der Waals surface area contributed by atoms with Crippen molar-refractivity contribution >= 4 is 26.7 Å². The first-order chi connectivity index (χ1) is 10.4. The zero-order valence-electron chi connectivity index (χ0n) is 12.7. The zero-order chi connectivity index (χ0) is 15.9. The van der Waals surface area contributed by atoms with Crippen molar-refractivity contribution in [2.75, 3.05) is 4.72 Å². The average molecular weight is 315 g/mol. The van der Waals surface area contributed by atoms with Gasteiger partial charge in [0, 0.05) is 7.05 Å². The summed E-state index contributed by atoms with van der Waals surface area (Å²) < 4.78 is 29.4. The molecule has 0 aliphatic heterocycles. The molecule has 114 valence electrons. The van der Waals surface area contributed by atoms with Gasteiger partial charge in [0.05, 0.1) is 21.6 Å². The molecule has 0 spiro atoms. The predicted octanol–water partition coefficient (Wildman–Crippen LogP) is 2.99. The van der Waals surface area contributed by atoms with E-state index in [4.69, 9.17) is 0 Å². The molecule has 22 heavy (non-hydrogen) atoms. The van der Waals surface area contributed by atoms with E-state index >= 15 is 0 Å². The highest BCUT2D eigenvalue weighted by Gasteiger charge is 2.15. The first-order valence-electron chi connectivity index (χ1n) is 6.89. The number of anilines is 1. The Morgan fingerprint density at radius 1 is 1.09 bits per heavy atom. The normalized spacial score (nSPS) is 11.8. The number of fused-ring (bicyclic) bond motifs is 1. The van der Waals surface area contributed by atoms with Crippen molar-refractivity contribution in [1.29, 1.82) is 0 Å². The third-order valence-corrected chi connectivity index (χ3v) is 5.04. The summed E-state index contributed by atoms with van der Waals surface area (Å²) in [5, 5.41) is 0. The molecule has 0 radical (unpaired) electrons. The summed E-state index contributed by atoms with van der Waals surface area (Å²) in [6.07, 6.45) is 0. The Hall–Kier alpha value is -2.34. The van der Waals surface area contributed by atoms with Crippen LogP contribution in [-0.2, 0) is 17.1 Å². The van der Waals surface area contributed by atoms with E-state index in [1.54, 1.807) is 30.3 Å². The van der Waals surface area contributed by atoms with Crippen molar-refractivity contribution in [3.63, 3.8) is 0 Å². The summed E-state index contributed by atoms with van der Waals surface area (Å²) >= 11 is 0. The SMILES string of the molecule is Cc1cccc(S(=O)(=O)Nc2ccc3c(c2)nc(C)n3C)c1. The van der Waals surface area contributed by atoms with Crippen LogP contribution in [0.3, 0.4) is 0 Å². The van der Waals surface area contributed by atoms with Crippen LogP contribution >= 0.6 is 0 Å². The molecule has 1 N–H and O–H groups in total. The third-order valence-electron chi connectivity index (χ3n) is 3.66. The molecule has 0 aliphatic carbocycles. The van der Waals surface area contributed by atoms with E-state index < -0.39 is 10.0 Å². The number of benzene rings is 2. The minimum atomic E-state index is -3.59. The molecule has 0 amide bonds.